The highest BCUT2D eigenvalue weighted by molar-refractivity contribution is 5.87. The Morgan fingerprint density at radius 3 is 2.88 bits per heavy atom. The molecular formula is C27H33N3O4. The van der Waals surface area contributed by atoms with Crippen LogP contribution in [0.15, 0.2) is 71.9 Å². The summed E-state index contributed by atoms with van der Waals surface area (Å²) < 4.78 is 5.68. The average molecular weight is 464 g/mol. The van der Waals surface area contributed by atoms with Gasteiger partial charge in [-0.3, -0.25) is 4.79 Å². The van der Waals surface area contributed by atoms with Gasteiger partial charge >= 0.3 is 0 Å². The van der Waals surface area contributed by atoms with Gasteiger partial charge in [0.15, 0.2) is 0 Å². The minimum absolute atomic E-state index is 0.00370. The summed E-state index contributed by atoms with van der Waals surface area (Å²) in [5.41, 5.74) is 2.02. The standard InChI is InChI=1S/C27H33N3O4/c31-24-10-8-22(23-9-11-26(33)29-27(23)24)25(32)18-28-17-21-7-4-13-30(19-21)14-16-34-15-12-20-5-2-1-3-6-20/h1-3,5-6,8-11,14,16,21,25,28,31-32H,4,7,12-13,15,17-19H2,(H,29,33)/b16-14+/t21?,25-/m0/s1. The smallest absolute Gasteiger partial charge is 0.248 e. The second kappa shape index (κ2) is 11.7. The SMILES string of the molecule is O=c1ccc2c([C@@H](O)CNCC3CCCN(/C=C/OCCc4ccccc4)C3)ccc(O)c2[nH]1. The summed E-state index contributed by atoms with van der Waals surface area (Å²) in [6, 6.07) is 16.6. The van der Waals surface area contributed by atoms with Gasteiger partial charge in [-0.1, -0.05) is 36.4 Å². The van der Waals surface area contributed by atoms with E-state index in [0.717, 1.165) is 38.9 Å². The molecule has 34 heavy (non-hydrogen) atoms. The molecule has 7 nitrogen and oxygen atoms in total. The number of nitrogens with one attached hydrogen (secondary N) is 2. The Balaban J connectivity index is 1.21. The number of rotatable bonds is 10. The number of benzene rings is 2. The molecule has 0 bridgehead atoms. The fraction of sp³-hybridized carbons (Fsp3) is 0.370. The van der Waals surface area contributed by atoms with Crippen molar-refractivity contribution in [2.75, 3.05) is 32.8 Å². The zero-order valence-electron chi connectivity index (χ0n) is 19.3. The molecule has 1 unspecified atom stereocenters. The number of nitrogens with zero attached hydrogens (tertiary/aromatic N) is 1. The highest BCUT2D eigenvalue weighted by Crippen LogP contribution is 2.28. The zero-order chi connectivity index (χ0) is 23.8. The first kappa shape index (κ1) is 23.9. The van der Waals surface area contributed by atoms with Gasteiger partial charge in [-0.05, 0) is 48.6 Å². The van der Waals surface area contributed by atoms with E-state index in [1.54, 1.807) is 18.4 Å². The predicted molar refractivity (Wildman–Crippen MR) is 134 cm³/mol. The maximum absolute atomic E-state index is 11.6. The van der Waals surface area contributed by atoms with E-state index in [2.05, 4.69) is 27.3 Å². The lowest BCUT2D eigenvalue weighted by Gasteiger charge is -2.32. The van der Waals surface area contributed by atoms with Crippen LogP contribution in [0.3, 0.4) is 0 Å². The van der Waals surface area contributed by atoms with Gasteiger partial charge < -0.3 is 30.2 Å². The van der Waals surface area contributed by atoms with Crippen molar-refractivity contribution in [3.63, 3.8) is 0 Å². The van der Waals surface area contributed by atoms with Gasteiger partial charge in [-0.25, -0.2) is 0 Å². The number of H-pyrrole nitrogens is 1. The summed E-state index contributed by atoms with van der Waals surface area (Å²) in [5, 5.41) is 24.8. The van der Waals surface area contributed by atoms with Gasteiger partial charge in [0.25, 0.3) is 0 Å². The number of phenolic OH excluding ortho intramolecular Hbond substituents is 1. The Hall–Kier alpha value is -3.29. The van der Waals surface area contributed by atoms with Crippen molar-refractivity contribution in [1.82, 2.24) is 15.2 Å². The van der Waals surface area contributed by atoms with Crippen LogP contribution in [0.2, 0.25) is 0 Å². The molecule has 1 fully saturated rings. The number of fused-ring (bicyclic) bond motifs is 1. The molecular weight excluding hydrogens is 430 g/mol. The summed E-state index contributed by atoms with van der Waals surface area (Å²) in [6.45, 7) is 3.84. The molecule has 2 aromatic carbocycles. The lowest BCUT2D eigenvalue weighted by atomic mass is 9.98. The molecule has 1 aliphatic heterocycles. The molecule has 0 amide bonds. The van der Waals surface area contributed by atoms with Crippen molar-refractivity contribution in [2.45, 2.75) is 25.4 Å². The van der Waals surface area contributed by atoms with Gasteiger partial charge in [0, 0.05) is 43.7 Å². The molecule has 1 saturated heterocycles. The number of aromatic amines is 1. The van der Waals surface area contributed by atoms with Crippen LogP contribution in [0.25, 0.3) is 10.9 Å². The number of ether oxygens (including phenoxy) is 1. The molecule has 1 aromatic heterocycles. The van der Waals surface area contributed by atoms with Gasteiger partial charge in [0.05, 0.1) is 24.5 Å². The Morgan fingerprint density at radius 2 is 2.03 bits per heavy atom. The van der Waals surface area contributed by atoms with Crippen molar-refractivity contribution in [2.24, 2.45) is 5.92 Å². The third-order valence-electron chi connectivity index (χ3n) is 6.31. The molecule has 0 aliphatic carbocycles. The Kier molecular flexibility index (Phi) is 8.22. The van der Waals surface area contributed by atoms with Crippen LogP contribution in [-0.4, -0.2) is 52.9 Å². The summed E-state index contributed by atoms with van der Waals surface area (Å²) in [6.07, 6.45) is 6.25. The zero-order valence-corrected chi connectivity index (χ0v) is 19.3. The van der Waals surface area contributed by atoms with Crippen LogP contribution in [0.5, 0.6) is 5.75 Å². The number of piperidine rings is 1. The Labute approximate surface area is 199 Å². The first-order valence-corrected chi connectivity index (χ1v) is 11.9. The van der Waals surface area contributed by atoms with Crippen molar-refractivity contribution < 1.29 is 14.9 Å². The molecule has 1 aliphatic rings. The second-order valence-electron chi connectivity index (χ2n) is 8.85. The van der Waals surface area contributed by atoms with E-state index in [1.807, 2.05) is 24.4 Å². The molecule has 3 aromatic rings. The molecule has 2 atom stereocenters. The van der Waals surface area contributed by atoms with E-state index in [1.165, 1.54) is 17.7 Å². The summed E-state index contributed by atoms with van der Waals surface area (Å²) in [7, 11) is 0. The van der Waals surface area contributed by atoms with E-state index in [-0.39, 0.29) is 11.3 Å². The summed E-state index contributed by atoms with van der Waals surface area (Å²) in [4.78, 5) is 16.5. The highest BCUT2D eigenvalue weighted by atomic mass is 16.5. The molecule has 0 radical (unpaired) electrons. The monoisotopic (exact) mass is 463 g/mol. The van der Waals surface area contributed by atoms with Crippen LogP contribution >= 0.6 is 0 Å². The van der Waals surface area contributed by atoms with Gasteiger partial charge in [0.2, 0.25) is 5.56 Å². The molecule has 0 saturated carbocycles. The van der Waals surface area contributed by atoms with Crippen molar-refractivity contribution in [3.8, 4) is 5.75 Å². The van der Waals surface area contributed by atoms with Crippen LogP contribution in [0.1, 0.15) is 30.1 Å². The lowest BCUT2D eigenvalue weighted by molar-refractivity contribution is 0.166. The third-order valence-corrected chi connectivity index (χ3v) is 6.31. The van der Waals surface area contributed by atoms with Crippen LogP contribution in [0.4, 0.5) is 0 Å². The normalized spacial score (nSPS) is 17.3. The first-order valence-electron chi connectivity index (χ1n) is 11.9. The second-order valence-corrected chi connectivity index (χ2v) is 8.85. The molecule has 4 N–H and O–H groups in total. The van der Waals surface area contributed by atoms with E-state index >= 15 is 0 Å². The maximum atomic E-state index is 11.6. The maximum Gasteiger partial charge on any atom is 0.248 e. The number of aromatic hydroxyl groups is 1. The number of hydrogen-bond acceptors (Lipinski definition) is 6. The topological polar surface area (TPSA) is 97.8 Å². The fourth-order valence-electron chi connectivity index (χ4n) is 4.50. The first-order chi connectivity index (χ1) is 16.6. The van der Waals surface area contributed by atoms with Gasteiger partial charge in [-0.15, -0.1) is 0 Å². The highest BCUT2D eigenvalue weighted by Gasteiger charge is 2.19. The lowest BCUT2D eigenvalue weighted by Crippen LogP contribution is -2.37. The number of likely N-dealkylation sites (tertiary alicyclic amines) is 1. The number of hydrogen-bond donors (Lipinski definition) is 4. The number of phenols is 1. The van der Waals surface area contributed by atoms with Crippen LogP contribution < -0.4 is 10.9 Å². The van der Waals surface area contributed by atoms with Crippen molar-refractivity contribution in [1.29, 1.82) is 0 Å². The molecule has 4 rings (SSSR count). The van der Waals surface area contributed by atoms with Crippen LogP contribution in [0, 0.1) is 5.92 Å². The third kappa shape index (κ3) is 6.40. The van der Waals surface area contributed by atoms with E-state index in [4.69, 9.17) is 4.74 Å². The van der Waals surface area contributed by atoms with Crippen molar-refractivity contribution in [3.05, 3.63) is 88.5 Å². The van der Waals surface area contributed by atoms with Crippen molar-refractivity contribution >= 4 is 10.9 Å². The summed E-state index contributed by atoms with van der Waals surface area (Å²) in [5.74, 6) is 0.485. The number of aliphatic hydroxyl groups is 1. The van der Waals surface area contributed by atoms with Crippen LogP contribution in [-0.2, 0) is 11.2 Å². The number of aliphatic hydroxyl groups excluding tert-OH is 1. The quantitative estimate of drug-likeness (QED) is 0.272. The minimum Gasteiger partial charge on any atom is -0.506 e. The van der Waals surface area contributed by atoms with E-state index < -0.39 is 6.10 Å². The molecule has 0 spiro atoms. The van der Waals surface area contributed by atoms with Gasteiger partial charge in [-0.2, -0.15) is 0 Å². The minimum atomic E-state index is -0.744. The average Bonchev–Trinajstić information content (AvgIpc) is 2.85. The largest absolute Gasteiger partial charge is 0.506 e. The molecule has 2 heterocycles. The molecule has 180 valence electrons. The van der Waals surface area contributed by atoms with Gasteiger partial charge in [0.1, 0.15) is 5.75 Å². The van der Waals surface area contributed by atoms with E-state index in [0.29, 0.717) is 35.5 Å². The molecule has 7 heteroatoms. The Bertz CT molecular complexity index is 1150. The number of aromatic nitrogens is 1. The predicted octanol–water partition coefficient (Wildman–Crippen LogP) is 3.30. The summed E-state index contributed by atoms with van der Waals surface area (Å²) >= 11 is 0. The number of pyridine rings is 1. The Morgan fingerprint density at radius 1 is 1.18 bits per heavy atom. The van der Waals surface area contributed by atoms with E-state index in [9.17, 15) is 15.0 Å². The fourth-order valence-corrected chi connectivity index (χ4v) is 4.50.